The molecule has 3 aliphatic rings. The number of allylic oxidation sites excluding steroid dienone is 1. The number of carbonyl (C=O) groups is 1. The standard InChI is InChI=1S/C37H37F3N4O5S/c1-21-9-28(49-33-6-4-3-5-30(33)38)7-8-31(21)44-37(41)29(16-42-44)36(45)25-12-23-14-32(34(15-24(23)13-25)48-19-35(39)40)43-17-26-10-22(11-27(26)18-43)20-50(2,46)47/h3-9,13-16,22,26-27,35H,10-12,17-20,41H2,1-2H3/t22?,26-,27?/m0/s1. The van der Waals surface area contributed by atoms with Crippen LogP contribution in [0.3, 0.4) is 0 Å². The van der Waals surface area contributed by atoms with Gasteiger partial charge in [0.2, 0.25) is 0 Å². The minimum Gasteiger partial charge on any atom is -0.485 e. The van der Waals surface area contributed by atoms with Crippen molar-refractivity contribution in [1.29, 1.82) is 0 Å². The Labute approximate surface area is 288 Å². The van der Waals surface area contributed by atoms with Gasteiger partial charge in [-0.2, -0.15) is 5.10 Å². The first-order chi connectivity index (χ1) is 23.8. The molecule has 50 heavy (non-hydrogen) atoms. The van der Waals surface area contributed by atoms with Crippen LogP contribution in [0.2, 0.25) is 0 Å². The fourth-order valence-electron chi connectivity index (χ4n) is 7.69. The number of hydrogen-bond acceptors (Lipinski definition) is 8. The lowest BCUT2D eigenvalue weighted by Crippen LogP contribution is -2.24. The number of aryl methyl sites for hydroxylation is 1. The lowest BCUT2D eigenvalue weighted by Gasteiger charge is -2.25. The number of halogens is 3. The van der Waals surface area contributed by atoms with Crippen LogP contribution >= 0.6 is 0 Å². The molecule has 0 amide bonds. The van der Waals surface area contributed by atoms with Crippen LogP contribution in [-0.2, 0) is 16.3 Å². The highest BCUT2D eigenvalue weighted by Gasteiger charge is 2.42. The van der Waals surface area contributed by atoms with Gasteiger partial charge in [0.15, 0.2) is 17.3 Å². The summed E-state index contributed by atoms with van der Waals surface area (Å²) in [5.41, 5.74) is 10.8. The number of ether oxygens (including phenoxy) is 2. The number of anilines is 2. The van der Waals surface area contributed by atoms with Crippen molar-refractivity contribution in [3.8, 4) is 22.9 Å². The Morgan fingerprint density at radius 1 is 1.04 bits per heavy atom. The molecule has 0 bridgehead atoms. The Hall–Kier alpha value is -4.78. The fourth-order valence-corrected chi connectivity index (χ4v) is 8.82. The summed E-state index contributed by atoms with van der Waals surface area (Å²) in [7, 11) is -3.06. The van der Waals surface area contributed by atoms with E-state index in [9.17, 15) is 26.4 Å². The van der Waals surface area contributed by atoms with E-state index in [1.165, 1.54) is 29.3 Å². The third kappa shape index (κ3) is 6.83. The molecule has 2 aliphatic carbocycles. The van der Waals surface area contributed by atoms with Crippen molar-refractivity contribution in [1.82, 2.24) is 9.78 Å². The lowest BCUT2D eigenvalue weighted by atomic mass is 10.0. The van der Waals surface area contributed by atoms with Crippen molar-refractivity contribution in [3.05, 3.63) is 94.4 Å². The van der Waals surface area contributed by atoms with Crippen LogP contribution in [0.1, 0.15) is 39.9 Å². The Balaban J connectivity index is 1.09. The predicted molar refractivity (Wildman–Crippen MR) is 185 cm³/mol. The van der Waals surface area contributed by atoms with Crippen LogP contribution in [0.5, 0.6) is 17.2 Å². The molecule has 2 unspecified atom stereocenters. The molecule has 3 atom stereocenters. The van der Waals surface area contributed by atoms with Crippen molar-refractivity contribution in [2.24, 2.45) is 17.8 Å². The van der Waals surface area contributed by atoms with Gasteiger partial charge in [-0.3, -0.25) is 4.79 Å². The van der Waals surface area contributed by atoms with Crippen molar-refractivity contribution in [3.63, 3.8) is 0 Å². The highest BCUT2D eigenvalue weighted by atomic mass is 32.2. The molecule has 3 aromatic carbocycles. The fraction of sp³-hybridized carbons (Fsp3) is 0.351. The summed E-state index contributed by atoms with van der Waals surface area (Å²) < 4.78 is 77.1. The molecule has 2 N–H and O–H groups in total. The summed E-state index contributed by atoms with van der Waals surface area (Å²) in [4.78, 5) is 16.0. The molecule has 1 aliphatic heterocycles. The topological polar surface area (TPSA) is 117 Å². The summed E-state index contributed by atoms with van der Waals surface area (Å²) in [6.07, 6.45) is 3.72. The first-order valence-corrected chi connectivity index (χ1v) is 18.5. The second kappa shape index (κ2) is 13.2. The van der Waals surface area contributed by atoms with E-state index in [-0.39, 0.29) is 34.6 Å². The number of Topliss-reactive ketones (excluding diaryl/α,β-unsaturated/α-hetero) is 1. The lowest BCUT2D eigenvalue weighted by molar-refractivity contribution is 0.0821. The zero-order valence-corrected chi connectivity index (χ0v) is 28.4. The van der Waals surface area contributed by atoms with Gasteiger partial charge in [0.25, 0.3) is 6.43 Å². The van der Waals surface area contributed by atoms with Crippen molar-refractivity contribution in [2.75, 3.05) is 42.3 Å². The van der Waals surface area contributed by atoms with E-state index < -0.39 is 28.7 Å². The Morgan fingerprint density at radius 2 is 1.78 bits per heavy atom. The van der Waals surface area contributed by atoms with Crippen LogP contribution in [0.15, 0.2) is 66.4 Å². The van der Waals surface area contributed by atoms with Crippen LogP contribution in [0, 0.1) is 30.5 Å². The number of aromatic nitrogens is 2. The number of para-hydroxylation sites is 1. The minimum absolute atomic E-state index is 0.0971. The van der Waals surface area contributed by atoms with Gasteiger partial charge < -0.3 is 20.1 Å². The number of nitrogens with two attached hydrogens (primary N) is 1. The highest BCUT2D eigenvalue weighted by Crippen LogP contribution is 2.46. The number of nitrogens with zero attached hydrogens (tertiary/aromatic N) is 3. The number of sulfone groups is 1. The van der Waals surface area contributed by atoms with Gasteiger partial charge in [-0.15, -0.1) is 0 Å². The molecule has 2 heterocycles. The van der Waals surface area contributed by atoms with Gasteiger partial charge in [-0.1, -0.05) is 12.1 Å². The van der Waals surface area contributed by atoms with E-state index >= 15 is 0 Å². The van der Waals surface area contributed by atoms with Crippen molar-refractivity contribution < 1.29 is 35.9 Å². The molecule has 0 radical (unpaired) electrons. The minimum atomic E-state index is -3.06. The average Bonchev–Trinajstić information content (AvgIpc) is 3.82. The van der Waals surface area contributed by atoms with Crippen LogP contribution in [0.4, 0.5) is 24.7 Å². The van der Waals surface area contributed by atoms with Crippen LogP contribution < -0.4 is 20.1 Å². The van der Waals surface area contributed by atoms with Crippen molar-refractivity contribution in [2.45, 2.75) is 32.6 Å². The molecule has 7 rings (SSSR count). The number of fused-ring (bicyclic) bond motifs is 2. The normalized spacial score (nSPS) is 19.8. The SMILES string of the molecule is Cc1cc(Oc2ccccc2F)ccc1-n1ncc(C(=O)C2=Cc3cc(OCC(F)F)c(N4CC5CC(CS(C)(=O)=O)C[C@H]5C4)cc3C2)c1N. The number of alkyl halides is 2. The van der Waals surface area contributed by atoms with Gasteiger partial charge in [-0.25, -0.2) is 26.3 Å². The summed E-state index contributed by atoms with van der Waals surface area (Å²) in [6, 6.07) is 14.9. The molecule has 9 nitrogen and oxygen atoms in total. The number of rotatable bonds is 11. The molecule has 13 heteroatoms. The number of hydrogen-bond donors (Lipinski definition) is 1. The van der Waals surface area contributed by atoms with Gasteiger partial charge in [0.1, 0.15) is 33.8 Å². The third-order valence-corrected chi connectivity index (χ3v) is 10.9. The number of benzene rings is 3. The molecule has 1 saturated heterocycles. The monoisotopic (exact) mass is 706 g/mol. The van der Waals surface area contributed by atoms with Crippen LogP contribution in [0.25, 0.3) is 11.8 Å². The maximum atomic E-state index is 14.1. The first-order valence-electron chi connectivity index (χ1n) is 16.5. The molecule has 4 aromatic rings. The number of ketones is 1. The largest absolute Gasteiger partial charge is 0.485 e. The first kappa shape index (κ1) is 33.7. The Kier molecular flexibility index (Phi) is 8.87. The molecular weight excluding hydrogens is 669 g/mol. The summed E-state index contributed by atoms with van der Waals surface area (Å²) in [6.45, 7) is 2.43. The average molecular weight is 707 g/mol. The van der Waals surface area contributed by atoms with E-state index in [0.717, 1.165) is 24.0 Å². The van der Waals surface area contributed by atoms with Gasteiger partial charge in [0.05, 0.1) is 28.9 Å². The van der Waals surface area contributed by atoms with Crippen molar-refractivity contribution >= 4 is 33.2 Å². The third-order valence-electron chi connectivity index (χ3n) is 9.83. The molecule has 1 saturated carbocycles. The zero-order valence-electron chi connectivity index (χ0n) is 27.6. The van der Waals surface area contributed by atoms with Gasteiger partial charge in [0, 0.05) is 31.3 Å². The summed E-state index contributed by atoms with van der Waals surface area (Å²) in [5, 5.41) is 4.40. The summed E-state index contributed by atoms with van der Waals surface area (Å²) >= 11 is 0. The summed E-state index contributed by atoms with van der Waals surface area (Å²) in [5.74, 6) is 1.16. The zero-order chi connectivity index (χ0) is 35.3. The maximum Gasteiger partial charge on any atom is 0.272 e. The second-order valence-corrected chi connectivity index (χ2v) is 15.8. The van der Waals surface area contributed by atoms with E-state index in [1.54, 1.807) is 42.5 Å². The number of carbonyl (C=O) groups excluding carboxylic acids is 1. The predicted octanol–water partition coefficient (Wildman–Crippen LogP) is 6.67. The highest BCUT2D eigenvalue weighted by molar-refractivity contribution is 7.90. The Bertz CT molecular complexity index is 2100. The Morgan fingerprint density at radius 3 is 2.46 bits per heavy atom. The van der Waals surface area contributed by atoms with E-state index in [2.05, 4.69) is 10.00 Å². The molecule has 262 valence electrons. The second-order valence-electron chi connectivity index (χ2n) is 13.6. The van der Waals surface area contributed by atoms with E-state index in [1.807, 2.05) is 13.0 Å². The molecule has 0 spiro atoms. The molecular formula is C37H37F3N4O5S. The quantitative estimate of drug-likeness (QED) is 0.172. The van der Waals surface area contributed by atoms with Gasteiger partial charge in [-0.05, 0) is 103 Å². The van der Waals surface area contributed by atoms with Gasteiger partial charge >= 0.3 is 0 Å². The molecule has 1 aromatic heterocycles. The van der Waals surface area contributed by atoms with Crippen LogP contribution in [-0.4, -0.2) is 62.1 Å². The molecule has 2 fully saturated rings. The number of nitrogen functional groups attached to an aromatic ring is 1. The maximum absolute atomic E-state index is 14.1. The van der Waals surface area contributed by atoms with E-state index in [4.69, 9.17) is 15.2 Å². The van der Waals surface area contributed by atoms with E-state index in [0.29, 0.717) is 65.4 Å². The smallest absolute Gasteiger partial charge is 0.272 e.